The van der Waals surface area contributed by atoms with Gasteiger partial charge in [-0.1, -0.05) is 36.0 Å². The van der Waals surface area contributed by atoms with E-state index in [1.54, 1.807) is 11.8 Å². The van der Waals surface area contributed by atoms with E-state index in [-0.39, 0.29) is 0 Å². The average Bonchev–Trinajstić information content (AvgIpc) is 3.43. The van der Waals surface area contributed by atoms with Gasteiger partial charge in [0.05, 0.1) is 47.0 Å². The number of piperazine rings is 1. The molecule has 5 aromatic rings. The number of morpholine rings is 1. The molecule has 2 saturated heterocycles. The molecule has 2 fully saturated rings. The van der Waals surface area contributed by atoms with Gasteiger partial charge in [0.1, 0.15) is 5.82 Å². The summed E-state index contributed by atoms with van der Waals surface area (Å²) in [5.74, 6) is 1.45. The van der Waals surface area contributed by atoms with Gasteiger partial charge in [-0.2, -0.15) is 5.10 Å². The molecule has 2 aliphatic heterocycles. The Hall–Kier alpha value is -4.42. The summed E-state index contributed by atoms with van der Waals surface area (Å²) in [6.07, 6.45) is 2.82. The smallest absolute Gasteiger partial charge is 0.407 e. The Morgan fingerprint density at radius 3 is 2.52 bits per heavy atom. The molecule has 7 rings (SSSR count). The third-order valence-corrected chi connectivity index (χ3v) is 8.69. The number of carbonyl (C=O) groups is 1. The second kappa shape index (κ2) is 11.5. The first kappa shape index (κ1) is 26.5. The summed E-state index contributed by atoms with van der Waals surface area (Å²) >= 11 is 1.65. The number of rotatable bonds is 6. The summed E-state index contributed by atoms with van der Waals surface area (Å²) < 4.78 is 7.52. The van der Waals surface area contributed by atoms with Gasteiger partial charge in [-0.25, -0.2) is 24.3 Å². The summed E-state index contributed by atoms with van der Waals surface area (Å²) in [5.41, 5.74) is 5.55. The van der Waals surface area contributed by atoms with Crippen LogP contribution in [0.2, 0.25) is 0 Å². The minimum Gasteiger partial charge on any atom is -0.465 e. The molecular formula is C30H30N8O3S. The van der Waals surface area contributed by atoms with Crippen LogP contribution in [0.3, 0.4) is 0 Å². The second-order valence-electron chi connectivity index (χ2n) is 10.3. The van der Waals surface area contributed by atoms with Crippen LogP contribution in [-0.4, -0.2) is 93.1 Å². The normalized spacial score (nSPS) is 16.0. The minimum absolute atomic E-state index is 0.463. The Balaban J connectivity index is 1.22. The SMILES string of the molecule is O=C(O)N1CCN(c2ccc(-c3c(CSc4ccc5ccccc5n4)nc4c(N5CCOCC5)ccnn34)cn2)CC1. The van der Waals surface area contributed by atoms with Crippen LogP contribution in [0.25, 0.3) is 27.8 Å². The Kier molecular flexibility index (Phi) is 7.22. The van der Waals surface area contributed by atoms with Crippen LogP contribution in [0, 0.1) is 0 Å². The highest BCUT2D eigenvalue weighted by Gasteiger charge is 2.24. The van der Waals surface area contributed by atoms with Crippen molar-refractivity contribution in [1.82, 2.24) is 29.5 Å². The molecule has 0 atom stereocenters. The zero-order valence-corrected chi connectivity index (χ0v) is 23.8. The van der Waals surface area contributed by atoms with Gasteiger partial charge in [0.2, 0.25) is 0 Å². The van der Waals surface area contributed by atoms with E-state index in [9.17, 15) is 9.90 Å². The third-order valence-electron chi connectivity index (χ3n) is 7.75. The summed E-state index contributed by atoms with van der Waals surface area (Å²) in [6.45, 7) is 5.12. The number of carboxylic acid groups (broad SMARTS) is 1. The average molecular weight is 583 g/mol. The van der Waals surface area contributed by atoms with Gasteiger partial charge in [-0.3, -0.25) is 0 Å². The van der Waals surface area contributed by atoms with E-state index in [0.717, 1.165) is 63.1 Å². The Morgan fingerprint density at radius 1 is 0.905 bits per heavy atom. The summed E-state index contributed by atoms with van der Waals surface area (Å²) in [4.78, 5) is 31.9. The van der Waals surface area contributed by atoms with Crippen molar-refractivity contribution in [3.63, 3.8) is 0 Å². The number of pyridine rings is 2. The first-order chi connectivity index (χ1) is 20.6. The second-order valence-corrected chi connectivity index (χ2v) is 11.2. The van der Waals surface area contributed by atoms with Crippen molar-refractivity contribution in [2.45, 2.75) is 10.8 Å². The lowest BCUT2D eigenvalue weighted by atomic mass is 10.1. The number of anilines is 2. The van der Waals surface area contributed by atoms with Gasteiger partial charge in [-0.05, 0) is 30.3 Å². The molecule has 0 aliphatic carbocycles. The van der Waals surface area contributed by atoms with Crippen molar-refractivity contribution in [3.05, 3.63) is 72.7 Å². The fourth-order valence-electron chi connectivity index (χ4n) is 5.53. The molecule has 214 valence electrons. The zero-order valence-electron chi connectivity index (χ0n) is 23.0. The Morgan fingerprint density at radius 2 is 1.74 bits per heavy atom. The highest BCUT2D eigenvalue weighted by Crippen LogP contribution is 2.33. The summed E-state index contributed by atoms with van der Waals surface area (Å²) in [5, 5.41) is 16.1. The first-order valence-electron chi connectivity index (χ1n) is 14.0. The van der Waals surface area contributed by atoms with Crippen molar-refractivity contribution in [2.75, 3.05) is 62.3 Å². The van der Waals surface area contributed by atoms with Crippen molar-refractivity contribution in [1.29, 1.82) is 0 Å². The predicted octanol–water partition coefficient (Wildman–Crippen LogP) is 4.27. The van der Waals surface area contributed by atoms with Gasteiger partial charge in [0.25, 0.3) is 0 Å². The van der Waals surface area contributed by atoms with E-state index in [4.69, 9.17) is 24.8 Å². The molecule has 0 bridgehead atoms. The fourth-order valence-corrected chi connectivity index (χ4v) is 6.34. The fraction of sp³-hybridized carbons (Fsp3) is 0.300. The maximum absolute atomic E-state index is 11.3. The lowest BCUT2D eigenvalue weighted by Gasteiger charge is -2.33. The van der Waals surface area contributed by atoms with Gasteiger partial charge >= 0.3 is 6.09 Å². The Bertz CT molecular complexity index is 1730. The number of nitrogens with zero attached hydrogens (tertiary/aromatic N) is 8. The van der Waals surface area contributed by atoms with Gasteiger partial charge in [0.15, 0.2) is 5.65 Å². The van der Waals surface area contributed by atoms with Crippen molar-refractivity contribution in [3.8, 4) is 11.3 Å². The molecule has 4 aromatic heterocycles. The van der Waals surface area contributed by atoms with E-state index >= 15 is 0 Å². The van der Waals surface area contributed by atoms with Crippen molar-refractivity contribution >= 4 is 45.9 Å². The standard InChI is InChI=1S/C30H30N8O3S/c39-30(40)37-13-11-36(12-14-37)26-7-5-22(19-31-26)28-24(20-42-27-8-6-21-3-1-2-4-23(21)33-27)34-29-25(9-10-32-38(28)29)35-15-17-41-18-16-35/h1-10,19H,11-18,20H2,(H,39,40). The quantitative estimate of drug-likeness (QED) is 0.291. The monoisotopic (exact) mass is 582 g/mol. The number of fused-ring (bicyclic) bond motifs is 2. The number of amides is 1. The molecule has 1 N–H and O–H groups in total. The van der Waals surface area contributed by atoms with Gasteiger partial charge in [-0.15, -0.1) is 0 Å². The molecule has 0 saturated carbocycles. The molecule has 2 aliphatic rings. The summed E-state index contributed by atoms with van der Waals surface area (Å²) in [7, 11) is 0. The van der Waals surface area contributed by atoms with Gasteiger partial charge < -0.3 is 24.5 Å². The molecule has 0 unspecified atom stereocenters. The number of hydrogen-bond acceptors (Lipinski definition) is 9. The minimum atomic E-state index is -0.876. The molecule has 0 spiro atoms. The molecule has 1 amide bonds. The summed E-state index contributed by atoms with van der Waals surface area (Å²) in [6, 6.07) is 18.4. The molecule has 1 aromatic carbocycles. The van der Waals surface area contributed by atoms with Crippen LogP contribution < -0.4 is 9.80 Å². The highest BCUT2D eigenvalue weighted by atomic mass is 32.2. The van der Waals surface area contributed by atoms with Crippen molar-refractivity contribution < 1.29 is 14.6 Å². The molecule has 12 heteroatoms. The molecule has 42 heavy (non-hydrogen) atoms. The lowest BCUT2D eigenvalue weighted by molar-refractivity contribution is 0.123. The molecule has 11 nitrogen and oxygen atoms in total. The van der Waals surface area contributed by atoms with Crippen LogP contribution in [0.5, 0.6) is 0 Å². The maximum Gasteiger partial charge on any atom is 0.407 e. The van der Waals surface area contributed by atoms with Crippen LogP contribution in [0.1, 0.15) is 5.69 Å². The van der Waals surface area contributed by atoms with Crippen LogP contribution in [-0.2, 0) is 10.5 Å². The number of ether oxygens (including phenoxy) is 1. The topological polar surface area (TPSA) is 112 Å². The lowest BCUT2D eigenvalue weighted by Crippen LogP contribution is -2.48. The first-order valence-corrected chi connectivity index (χ1v) is 15.0. The predicted molar refractivity (Wildman–Crippen MR) is 162 cm³/mol. The van der Waals surface area contributed by atoms with E-state index in [1.807, 2.05) is 47.2 Å². The van der Waals surface area contributed by atoms with E-state index < -0.39 is 6.09 Å². The number of benzene rings is 1. The van der Waals surface area contributed by atoms with E-state index in [0.29, 0.717) is 45.1 Å². The van der Waals surface area contributed by atoms with E-state index in [2.05, 4.69) is 34.1 Å². The third kappa shape index (κ3) is 5.19. The van der Waals surface area contributed by atoms with Crippen LogP contribution >= 0.6 is 11.8 Å². The number of thioether (sulfide) groups is 1. The van der Waals surface area contributed by atoms with E-state index in [1.165, 1.54) is 4.90 Å². The zero-order chi connectivity index (χ0) is 28.5. The highest BCUT2D eigenvalue weighted by molar-refractivity contribution is 7.98. The largest absolute Gasteiger partial charge is 0.465 e. The number of imidazole rings is 1. The number of para-hydroxylation sites is 1. The number of aromatic nitrogens is 5. The van der Waals surface area contributed by atoms with Gasteiger partial charge in [0, 0.05) is 62.2 Å². The Labute approximate surface area is 246 Å². The molecular weight excluding hydrogens is 552 g/mol. The van der Waals surface area contributed by atoms with Crippen LogP contribution in [0.4, 0.5) is 16.3 Å². The van der Waals surface area contributed by atoms with Crippen molar-refractivity contribution in [2.24, 2.45) is 0 Å². The number of hydrogen-bond donors (Lipinski definition) is 1. The molecule has 0 radical (unpaired) electrons. The maximum atomic E-state index is 11.3. The molecule has 6 heterocycles. The van der Waals surface area contributed by atoms with Crippen LogP contribution in [0.15, 0.2) is 72.0 Å².